The number of hydrogen-bond acceptors (Lipinski definition) is 7. The van der Waals surface area contributed by atoms with Crippen LogP contribution in [0, 0.1) is 10.1 Å². The van der Waals surface area contributed by atoms with Gasteiger partial charge in [0.1, 0.15) is 0 Å². The molecule has 2 aromatic rings. The molecule has 0 aliphatic heterocycles. The van der Waals surface area contributed by atoms with E-state index in [-0.39, 0.29) is 16.8 Å². The lowest BCUT2D eigenvalue weighted by molar-refractivity contribution is -0.384. The van der Waals surface area contributed by atoms with Gasteiger partial charge in [-0.05, 0) is 36.4 Å². The zero-order chi connectivity index (χ0) is 18.4. The van der Waals surface area contributed by atoms with Crippen LogP contribution in [0.4, 0.5) is 20.7 Å². The molecule has 0 saturated carbocycles. The van der Waals surface area contributed by atoms with Crippen molar-refractivity contribution in [3.63, 3.8) is 0 Å². The average molecular weight is 348 g/mol. The van der Waals surface area contributed by atoms with Crippen LogP contribution in [0.1, 0.15) is 20.7 Å². The first-order chi connectivity index (χ1) is 11.9. The third-order valence-electron chi connectivity index (χ3n) is 2.96. The van der Waals surface area contributed by atoms with Gasteiger partial charge in [-0.15, -0.1) is 0 Å². The van der Waals surface area contributed by atoms with Crippen LogP contribution in [0.2, 0.25) is 0 Å². The van der Waals surface area contributed by atoms with E-state index in [1.54, 1.807) is 0 Å². The van der Waals surface area contributed by atoms with Crippen LogP contribution in [-0.4, -0.2) is 23.0 Å². The fourth-order valence-corrected chi connectivity index (χ4v) is 1.78. The number of nitrogens with zero attached hydrogens (tertiary/aromatic N) is 1. The van der Waals surface area contributed by atoms with Gasteiger partial charge in [-0.3, -0.25) is 14.9 Å². The van der Waals surface area contributed by atoms with Crippen molar-refractivity contribution < 1.29 is 33.5 Å². The van der Waals surface area contributed by atoms with Crippen molar-refractivity contribution >= 4 is 29.4 Å². The maximum Gasteiger partial charge on any atom is 0.553 e. The number of anilines is 1. The number of carbonyl (C=O) groups excluding carboxylic acids is 3. The predicted octanol–water partition coefficient (Wildman–Crippen LogP) is 3.03. The molecule has 10 heteroatoms. The van der Waals surface area contributed by atoms with E-state index in [4.69, 9.17) is 0 Å². The van der Waals surface area contributed by atoms with Crippen molar-refractivity contribution in [3.8, 4) is 0 Å². The van der Waals surface area contributed by atoms with Gasteiger partial charge in [-0.2, -0.15) is 4.79 Å². The van der Waals surface area contributed by atoms with Crippen molar-refractivity contribution in [1.82, 2.24) is 0 Å². The molecule has 0 spiro atoms. The third kappa shape index (κ3) is 4.58. The Bertz CT molecular complexity index is 819. The molecule has 2 aromatic carbocycles. The summed E-state index contributed by atoms with van der Waals surface area (Å²) in [6.07, 6.45) is -1.79. The normalized spacial score (nSPS) is 9.80. The minimum absolute atomic E-state index is 0.0706. The summed E-state index contributed by atoms with van der Waals surface area (Å²) in [6.45, 7) is 0. The Morgan fingerprint density at radius 3 is 2.04 bits per heavy atom. The molecule has 0 heterocycles. The van der Waals surface area contributed by atoms with Crippen LogP contribution in [-0.2, 0) is 9.68 Å². The molecule has 9 nitrogen and oxygen atoms in total. The number of benzene rings is 2. The minimum Gasteiger partial charge on any atom is -0.354 e. The quantitative estimate of drug-likeness (QED) is 0.389. The van der Waals surface area contributed by atoms with Gasteiger partial charge >= 0.3 is 12.1 Å². The van der Waals surface area contributed by atoms with Crippen molar-refractivity contribution in [2.45, 2.75) is 0 Å². The lowest BCUT2D eigenvalue weighted by Gasteiger charge is -2.06. The summed E-state index contributed by atoms with van der Waals surface area (Å²) in [4.78, 5) is 46.6. The summed E-state index contributed by atoms with van der Waals surface area (Å²) in [5, 5.41) is 13.1. The lowest BCUT2D eigenvalue weighted by Crippen LogP contribution is -2.13. The standard InChI is InChI=1S/C15H9FN2O7/c16-25-15(21)24-14(20)10-1-5-11(6-2-10)17-13(19)9-3-7-12(8-4-9)18(22)23/h1-8H,(H,17,19). The van der Waals surface area contributed by atoms with Crippen LogP contribution >= 0.6 is 0 Å². The highest BCUT2D eigenvalue weighted by atomic mass is 19.3. The number of hydrogen-bond donors (Lipinski definition) is 1. The van der Waals surface area contributed by atoms with Crippen molar-refractivity contribution in [2.75, 3.05) is 5.32 Å². The molecule has 1 amide bonds. The van der Waals surface area contributed by atoms with E-state index in [2.05, 4.69) is 15.0 Å². The fourth-order valence-electron chi connectivity index (χ4n) is 1.78. The first-order valence-electron chi connectivity index (χ1n) is 6.61. The molecule has 2 rings (SSSR count). The molecule has 0 aromatic heterocycles. The maximum atomic E-state index is 12.0. The van der Waals surface area contributed by atoms with Gasteiger partial charge in [-0.25, -0.2) is 9.74 Å². The van der Waals surface area contributed by atoms with Crippen LogP contribution in [0.15, 0.2) is 48.5 Å². The summed E-state index contributed by atoms with van der Waals surface area (Å²) in [7, 11) is 0. The monoisotopic (exact) mass is 348 g/mol. The summed E-state index contributed by atoms with van der Waals surface area (Å²) < 4.78 is 15.5. The first kappa shape index (κ1) is 17.5. The van der Waals surface area contributed by atoms with Crippen LogP contribution in [0.3, 0.4) is 0 Å². The molecule has 0 unspecified atom stereocenters. The molecule has 25 heavy (non-hydrogen) atoms. The Morgan fingerprint density at radius 1 is 0.960 bits per heavy atom. The predicted molar refractivity (Wildman–Crippen MR) is 80.5 cm³/mol. The summed E-state index contributed by atoms with van der Waals surface area (Å²) in [6, 6.07) is 10.1. The maximum absolute atomic E-state index is 12.0. The van der Waals surface area contributed by atoms with E-state index in [0.29, 0.717) is 5.69 Å². The number of amides is 1. The zero-order valence-electron chi connectivity index (χ0n) is 12.3. The number of non-ortho nitro benzene ring substituents is 1. The van der Waals surface area contributed by atoms with Crippen LogP contribution in [0.5, 0.6) is 0 Å². The van der Waals surface area contributed by atoms with E-state index in [1.165, 1.54) is 48.5 Å². The van der Waals surface area contributed by atoms with Gasteiger partial charge in [-0.1, -0.05) is 0 Å². The summed E-state index contributed by atoms with van der Waals surface area (Å²) in [5.41, 5.74) is 0.290. The van der Waals surface area contributed by atoms with Gasteiger partial charge in [0.25, 0.3) is 11.6 Å². The number of carbonyl (C=O) groups is 3. The molecule has 0 atom stereocenters. The average Bonchev–Trinajstić information content (AvgIpc) is 2.62. The zero-order valence-corrected chi connectivity index (χ0v) is 12.3. The van der Waals surface area contributed by atoms with Gasteiger partial charge in [0, 0.05) is 27.9 Å². The Labute approximate surface area is 139 Å². The number of nitro benzene ring substituents is 1. The minimum atomic E-state index is -1.79. The first-order valence-corrected chi connectivity index (χ1v) is 6.61. The molecular weight excluding hydrogens is 339 g/mol. The molecule has 0 fully saturated rings. The number of esters is 1. The molecule has 0 radical (unpaired) electrons. The van der Waals surface area contributed by atoms with Gasteiger partial charge in [0.15, 0.2) is 0 Å². The van der Waals surface area contributed by atoms with Crippen molar-refractivity contribution in [2.24, 2.45) is 0 Å². The molecule has 0 bridgehead atoms. The Balaban J connectivity index is 2.03. The van der Waals surface area contributed by atoms with Crippen LogP contribution in [0.25, 0.3) is 0 Å². The van der Waals surface area contributed by atoms with E-state index < -0.39 is 23.0 Å². The second kappa shape index (κ2) is 7.64. The molecular formula is C15H9FN2O7. The highest BCUT2D eigenvalue weighted by molar-refractivity contribution is 6.04. The summed E-state index contributed by atoms with van der Waals surface area (Å²) >= 11 is 0. The molecule has 0 saturated heterocycles. The molecule has 128 valence electrons. The van der Waals surface area contributed by atoms with Crippen molar-refractivity contribution in [3.05, 3.63) is 69.8 Å². The lowest BCUT2D eigenvalue weighted by atomic mass is 10.1. The second-order valence-corrected chi connectivity index (χ2v) is 4.55. The Morgan fingerprint density at radius 2 is 1.52 bits per heavy atom. The highest BCUT2D eigenvalue weighted by Gasteiger charge is 2.15. The number of rotatable bonds is 4. The fraction of sp³-hybridized carbons (Fsp3) is 0. The van der Waals surface area contributed by atoms with Gasteiger partial charge in [0.2, 0.25) is 0 Å². The molecule has 0 aliphatic rings. The van der Waals surface area contributed by atoms with Crippen LogP contribution < -0.4 is 5.32 Å². The van der Waals surface area contributed by atoms with Crippen molar-refractivity contribution in [1.29, 1.82) is 0 Å². The van der Waals surface area contributed by atoms with E-state index in [0.717, 1.165) is 0 Å². The number of ether oxygens (including phenoxy) is 1. The van der Waals surface area contributed by atoms with E-state index in [1.807, 2.05) is 0 Å². The Kier molecular flexibility index (Phi) is 5.36. The number of nitro groups is 1. The highest BCUT2D eigenvalue weighted by Crippen LogP contribution is 2.15. The molecule has 0 aliphatic carbocycles. The van der Waals surface area contributed by atoms with E-state index in [9.17, 15) is 29.0 Å². The van der Waals surface area contributed by atoms with Gasteiger partial charge in [0.05, 0.1) is 10.5 Å². The second-order valence-electron chi connectivity index (χ2n) is 4.55. The molecule has 1 N–H and O–H groups in total. The largest absolute Gasteiger partial charge is 0.553 e. The number of halogens is 1. The van der Waals surface area contributed by atoms with Gasteiger partial charge < -0.3 is 10.1 Å². The topological polar surface area (TPSA) is 125 Å². The Hall–Kier alpha value is -3.82. The number of nitrogens with one attached hydrogen (secondary N) is 1. The SMILES string of the molecule is O=C(OF)OC(=O)c1ccc(NC(=O)c2ccc([N+](=O)[O-])cc2)cc1. The smallest absolute Gasteiger partial charge is 0.354 e. The van der Waals surface area contributed by atoms with E-state index >= 15 is 0 Å². The third-order valence-corrected chi connectivity index (χ3v) is 2.96. The summed E-state index contributed by atoms with van der Waals surface area (Å²) in [5.74, 6) is -1.65.